The summed E-state index contributed by atoms with van der Waals surface area (Å²) in [5.41, 5.74) is 3.32. The number of thiazole rings is 1. The molecule has 0 fully saturated rings. The van der Waals surface area contributed by atoms with E-state index in [1.165, 1.54) is 11.3 Å². The van der Waals surface area contributed by atoms with Crippen molar-refractivity contribution in [3.63, 3.8) is 0 Å². The normalized spacial score (nSPS) is 15.9. The van der Waals surface area contributed by atoms with Crippen molar-refractivity contribution in [1.82, 2.24) is 9.55 Å². The van der Waals surface area contributed by atoms with Gasteiger partial charge in [-0.2, -0.15) is 0 Å². The summed E-state index contributed by atoms with van der Waals surface area (Å²) in [5, 5.41) is 1.03. The molecule has 0 saturated heterocycles. The van der Waals surface area contributed by atoms with E-state index in [1.54, 1.807) is 32.4 Å². The van der Waals surface area contributed by atoms with E-state index in [1.807, 2.05) is 60.8 Å². The first-order valence-corrected chi connectivity index (χ1v) is 12.1. The fourth-order valence-corrected chi connectivity index (χ4v) is 5.38. The lowest BCUT2D eigenvalue weighted by Gasteiger charge is -2.25. The molecule has 1 aliphatic heterocycles. The van der Waals surface area contributed by atoms with Crippen LogP contribution in [0.1, 0.15) is 37.9 Å². The molecule has 0 aliphatic carbocycles. The molecule has 7 nitrogen and oxygen atoms in total. The number of ether oxygens (including phenoxy) is 2. The molecule has 0 saturated carbocycles. The number of aromatic amines is 1. The van der Waals surface area contributed by atoms with E-state index in [2.05, 4.69) is 9.98 Å². The molecule has 178 valence electrons. The first-order chi connectivity index (χ1) is 16.9. The summed E-state index contributed by atoms with van der Waals surface area (Å²) in [6.45, 7) is 5.37. The van der Waals surface area contributed by atoms with E-state index in [0.717, 1.165) is 22.0 Å². The molecular weight excluding hydrogens is 462 g/mol. The number of carbonyl (C=O) groups is 1. The van der Waals surface area contributed by atoms with Crippen LogP contribution in [0.3, 0.4) is 0 Å². The molecule has 1 aliphatic rings. The number of nitrogens with zero attached hydrogens (tertiary/aromatic N) is 2. The fourth-order valence-electron chi connectivity index (χ4n) is 4.34. The molecule has 0 amide bonds. The maximum Gasteiger partial charge on any atom is 0.338 e. The Morgan fingerprint density at radius 1 is 1.20 bits per heavy atom. The highest BCUT2D eigenvalue weighted by Crippen LogP contribution is 2.32. The number of fused-ring (bicyclic) bond motifs is 2. The summed E-state index contributed by atoms with van der Waals surface area (Å²) < 4.78 is 13.1. The minimum Gasteiger partial charge on any atom is -0.497 e. The van der Waals surface area contributed by atoms with Crippen LogP contribution in [0.25, 0.3) is 17.0 Å². The Bertz CT molecular complexity index is 1660. The van der Waals surface area contributed by atoms with Gasteiger partial charge in [0.25, 0.3) is 5.56 Å². The highest BCUT2D eigenvalue weighted by atomic mass is 32.1. The molecule has 0 spiro atoms. The van der Waals surface area contributed by atoms with Crippen LogP contribution < -0.4 is 19.6 Å². The predicted octanol–water partition coefficient (Wildman–Crippen LogP) is 3.68. The highest BCUT2D eigenvalue weighted by Gasteiger charge is 2.34. The minimum absolute atomic E-state index is 0.214. The van der Waals surface area contributed by atoms with Gasteiger partial charge in [0.2, 0.25) is 0 Å². The predicted molar refractivity (Wildman–Crippen MR) is 136 cm³/mol. The zero-order valence-electron chi connectivity index (χ0n) is 19.9. The number of hydrogen-bond donors (Lipinski definition) is 1. The minimum atomic E-state index is -0.683. The molecule has 8 heteroatoms. The molecule has 2 aromatic carbocycles. The van der Waals surface area contributed by atoms with E-state index in [-0.39, 0.29) is 11.7 Å². The van der Waals surface area contributed by atoms with Gasteiger partial charge >= 0.3 is 5.97 Å². The number of allylic oxidation sites excluding steroid dienone is 1. The summed E-state index contributed by atoms with van der Waals surface area (Å²) in [5.74, 6) is 0.148. The van der Waals surface area contributed by atoms with Gasteiger partial charge < -0.3 is 14.5 Å². The van der Waals surface area contributed by atoms with Crippen molar-refractivity contribution in [3.05, 3.63) is 96.8 Å². The van der Waals surface area contributed by atoms with Crippen LogP contribution in [0.15, 0.2) is 75.8 Å². The first kappa shape index (κ1) is 22.9. The molecule has 3 heterocycles. The van der Waals surface area contributed by atoms with Crippen LogP contribution in [0.2, 0.25) is 0 Å². The number of carbonyl (C=O) groups excluding carboxylic acids is 1. The summed E-state index contributed by atoms with van der Waals surface area (Å²) in [7, 11) is 1.58. The van der Waals surface area contributed by atoms with Crippen molar-refractivity contribution >= 4 is 34.3 Å². The third kappa shape index (κ3) is 4.10. The van der Waals surface area contributed by atoms with E-state index in [0.29, 0.717) is 26.4 Å². The van der Waals surface area contributed by atoms with Crippen LogP contribution in [0.4, 0.5) is 0 Å². The maximum absolute atomic E-state index is 13.8. The number of esters is 1. The highest BCUT2D eigenvalue weighted by molar-refractivity contribution is 7.07. The lowest BCUT2D eigenvalue weighted by molar-refractivity contribution is -0.143. The molecule has 1 N–H and O–H groups in total. The van der Waals surface area contributed by atoms with Gasteiger partial charge in [-0.05, 0) is 50.6 Å². The Morgan fingerprint density at radius 3 is 2.77 bits per heavy atom. The Labute approximate surface area is 205 Å². The van der Waals surface area contributed by atoms with Crippen molar-refractivity contribution in [2.45, 2.75) is 32.9 Å². The van der Waals surface area contributed by atoms with Crippen molar-refractivity contribution in [2.24, 2.45) is 4.99 Å². The van der Waals surface area contributed by atoms with Crippen LogP contribution in [-0.4, -0.2) is 28.7 Å². The van der Waals surface area contributed by atoms with Gasteiger partial charge in [-0.15, -0.1) is 0 Å². The zero-order valence-corrected chi connectivity index (χ0v) is 20.7. The van der Waals surface area contributed by atoms with Gasteiger partial charge in [0.15, 0.2) is 4.80 Å². The van der Waals surface area contributed by atoms with Gasteiger partial charge in [0.1, 0.15) is 5.75 Å². The largest absolute Gasteiger partial charge is 0.497 e. The molecule has 35 heavy (non-hydrogen) atoms. The second-order valence-electron chi connectivity index (χ2n) is 8.60. The third-order valence-electron chi connectivity index (χ3n) is 5.90. The molecule has 0 bridgehead atoms. The molecule has 1 atom stereocenters. The molecule has 5 rings (SSSR count). The Kier molecular flexibility index (Phi) is 5.90. The standard InChI is InChI=1S/C27H25N3O4S/c1-15(2)34-26(32)23-16(3)29-27-30(24(23)17-8-7-9-19(12-17)33-4)25(31)22(35-27)13-18-14-28-21-11-6-5-10-20(18)21/h5-15,24,28H,1-4H3. The van der Waals surface area contributed by atoms with Crippen LogP contribution in [0, 0.1) is 0 Å². The maximum atomic E-state index is 13.8. The van der Waals surface area contributed by atoms with Crippen molar-refractivity contribution < 1.29 is 14.3 Å². The fraction of sp³-hybridized carbons (Fsp3) is 0.222. The average molecular weight is 488 g/mol. The Morgan fingerprint density at radius 2 is 2.00 bits per heavy atom. The monoisotopic (exact) mass is 487 g/mol. The number of hydrogen-bond acceptors (Lipinski definition) is 6. The lowest BCUT2D eigenvalue weighted by Crippen LogP contribution is -2.40. The zero-order chi connectivity index (χ0) is 24.7. The second kappa shape index (κ2) is 9.03. The lowest BCUT2D eigenvalue weighted by atomic mass is 9.95. The van der Waals surface area contributed by atoms with Gasteiger partial charge in [0.05, 0.1) is 35.1 Å². The second-order valence-corrected chi connectivity index (χ2v) is 9.61. The number of aromatic nitrogens is 2. The van der Waals surface area contributed by atoms with Gasteiger partial charge in [-0.1, -0.05) is 41.7 Å². The number of methoxy groups -OCH3 is 1. The summed E-state index contributed by atoms with van der Waals surface area (Å²) in [6.07, 6.45) is 3.45. The van der Waals surface area contributed by atoms with Crippen molar-refractivity contribution in [2.75, 3.05) is 7.11 Å². The molecule has 0 radical (unpaired) electrons. The molecule has 2 aromatic heterocycles. The summed E-state index contributed by atoms with van der Waals surface area (Å²) in [6, 6.07) is 14.6. The van der Waals surface area contributed by atoms with Gasteiger partial charge in [0, 0.05) is 22.7 Å². The third-order valence-corrected chi connectivity index (χ3v) is 6.88. The average Bonchev–Trinajstić information content (AvgIpc) is 3.38. The topological polar surface area (TPSA) is 85.7 Å². The molecule has 4 aromatic rings. The van der Waals surface area contributed by atoms with Crippen LogP contribution in [0.5, 0.6) is 5.75 Å². The van der Waals surface area contributed by atoms with E-state index >= 15 is 0 Å². The number of rotatable bonds is 5. The molecular formula is C27H25N3O4S. The van der Waals surface area contributed by atoms with Crippen molar-refractivity contribution in [1.29, 1.82) is 0 Å². The van der Waals surface area contributed by atoms with Gasteiger partial charge in [-0.25, -0.2) is 9.79 Å². The summed E-state index contributed by atoms with van der Waals surface area (Å²) >= 11 is 1.31. The summed E-state index contributed by atoms with van der Waals surface area (Å²) in [4.78, 5) is 35.4. The van der Waals surface area contributed by atoms with Crippen molar-refractivity contribution in [3.8, 4) is 5.75 Å². The van der Waals surface area contributed by atoms with E-state index in [9.17, 15) is 9.59 Å². The SMILES string of the molecule is COc1cccc(C2C(C(=O)OC(C)C)=C(C)N=c3sc(=Cc4c[nH]c5ccccc45)c(=O)n32)c1. The number of nitrogens with one attached hydrogen (secondary N) is 1. The molecule has 1 unspecified atom stereocenters. The van der Waals surface area contributed by atoms with Crippen LogP contribution >= 0.6 is 11.3 Å². The quantitative estimate of drug-likeness (QED) is 0.435. The number of para-hydroxylation sites is 1. The smallest absolute Gasteiger partial charge is 0.338 e. The number of benzene rings is 2. The Balaban J connectivity index is 1.74. The van der Waals surface area contributed by atoms with E-state index < -0.39 is 12.0 Å². The first-order valence-electron chi connectivity index (χ1n) is 11.3. The van der Waals surface area contributed by atoms with Gasteiger partial charge in [-0.3, -0.25) is 9.36 Å². The number of H-pyrrole nitrogens is 1. The Hall–Kier alpha value is -3.91. The van der Waals surface area contributed by atoms with E-state index in [4.69, 9.17) is 9.47 Å². The van der Waals surface area contributed by atoms with Crippen LogP contribution in [-0.2, 0) is 9.53 Å².